The number of hydrogen-bond donors (Lipinski definition) is 2. The van der Waals surface area contributed by atoms with Crippen molar-refractivity contribution in [3.8, 4) is 0 Å². The number of aliphatic hydroxyl groups excluding tert-OH is 1. The predicted octanol–water partition coefficient (Wildman–Crippen LogP) is 1.21. The Morgan fingerprint density at radius 3 is 2.37 bits per heavy atom. The van der Waals surface area contributed by atoms with Crippen molar-refractivity contribution < 1.29 is 24.2 Å². The molecule has 0 aliphatic heterocycles. The molecule has 1 saturated carbocycles. The Balaban J connectivity index is 2.46. The lowest BCUT2D eigenvalue weighted by atomic mass is 9.84. The van der Waals surface area contributed by atoms with Crippen LogP contribution in [0.25, 0.3) is 0 Å². The number of rotatable bonds is 2. The second-order valence-corrected chi connectivity index (χ2v) is 5.85. The summed E-state index contributed by atoms with van der Waals surface area (Å²) in [6.07, 6.45) is 0.107. The van der Waals surface area contributed by atoms with E-state index < -0.39 is 17.8 Å². The molecule has 1 fully saturated rings. The van der Waals surface area contributed by atoms with Crippen LogP contribution in [0.5, 0.6) is 0 Å². The average molecular weight is 273 g/mol. The van der Waals surface area contributed by atoms with Gasteiger partial charge in [0.15, 0.2) is 0 Å². The number of nitrogens with one attached hydrogen (secondary N) is 1. The molecule has 1 aliphatic carbocycles. The number of amides is 1. The van der Waals surface area contributed by atoms with E-state index in [-0.39, 0.29) is 17.9 Å². The Morgan fingerprint density at radius 2 is 1.89 bits per heavy atom. The molecule has 3 atom stereocenters. The fourth-order valence-electron chi connectivity index (χ4n) is 2.15. The standard InChI is InChI=1S/C13H23NO5/c1-13(2,3)19-12(17)14-9-6-5-8(7-10(9)15)11(16)18-4/h8-10,15H,5-7H2,1-4H3,(H,14,17)/t8-,9+,10+/m1/s1. The highest BCUT2D eigenvalue weighted by molar-refractivity contribution is 5.72. The SMILES string of the molecule is COC(=O)[C@@H]1CC[C@H](NC(=O)OC(C)(C)C)[C@@H](O)C1. The lowest BCUT2D eigenvalue weighted by Gasteiger charge is -2.32. The van der Waals surface area contributed by atoms with E-state index in [9.17, 15) is 14.7 Å². The Bertz CT molecular complexity index is 336. The van der Waals surface area contributed by atoms with E-state index >= 15 is 0 Å². The molecule has 0 radical (unpaired) electrons. The molecule has 0 saturated heterocycles. The van der Waals surface area contributed by atoms with E-state index in [1.165, 1.54) is 7.11 Å². The number of esters is 1. The van der Waals surface area contributed by atoms with Gasteiger partial charge in [-0.2, -0.15) is 0 Å². The maximum Gasteiger partial charge on any atom is 0.407 e. The zero-order valence-corrected chi connectivity index (χ0v) is 11.9. The monoisotopic (exact) mass is 273 g/mol. The molecule has 1 rings (SSSR count). The fourth-order valence-corrected chi connectivity index (χ4v) is 2.15. The van der Waals surface area contributed by atoms with Gasteiger partial charge in [0, 0.05) is 0 Å². The van der Waals surface area contributed by atoms with E-state index in [1.807, 2.05) is 0 Å². The van der Waals surface area contributed by atoms with Crippen LogP contribution in [-0.4, -0.2) is 42.0 Å². The Morgan fingerprint density at radius 1 is 1.26 bits per heavy atom. The van der Waals surface area contributed by atoms with Gasteiger partial charge in [0.05, 0.1) is 25.2 Å². The largest absolute Gasteiger partial charge is 0.469 e. The van der Waals surface area contributed by atoms with Crippen LogP contribution >= 0.6 is 0 Å². The van der Waals surface area contributed by atoms with Gasteiger partial charge in [-0.1, -0.05) is 0 Å². The first-order valence-electron chi connectivity index (χ1n) is 6.48. The average Bonchev–Trinajstić information content (AvgIpc) is 2.28. The van der Waals surface area contributed by atoms with Gasteiger partial charge in [0.1, 0.15) is 5.60 Å². The molecule has 1 amide bonds. The minimum absolute atomic E-state index is 0.295. The van der Waals surface area contributed by atoms with Gasteiger partial charge in [-0.25, -0.2) is 4.79 Å². The summed E-state index contributed by atoms with van der Waals surface area (Å²) in [7, 11) is 1.33. The smallest absolute Gasteiger partial charge is 0.407 e. The molecule has 6 heteroatoms. The van der Waals surface area contributed by atoms with Crippen LogP contribution in [0.4, 0.5) is 4.79 Å². The van der Waals surface area contributed by atoms with E-state index in [1.54, 1.807) is 20.8 Å². The highest BCUT2D eigenvalue weighted by Gasteiger charge is 2.34. The third kappa shape index (κ3) is 5.06. The van der Waals surface area contributed by atoms with Crippen molar-refractivity contribution in [1.82, 2.24) is 5.32 Å². The van der Waals surface area contributed by atoms with Gasteiger partial charge in [0.25, 0.3) is 0 Å². The maximum atomic E-state index is 11.6. The molecule has 110 valence electrons. The Hall–Kier alpha value is -1.30. The molecule has 0 unspecified atom stereocenters. The first-order chi connectivity index (χ1) is 8.73. The fraction of sp³-hybridized carbons (Fsp3) is 0.846. The van der Waals surface area contributed by atoms with Gasteiger partial charge < -0.3 is 19.9 Å². The van der Waals surface area contributed by atoms with E-state index in [4.69, 9.17) is 4.74 Å². The molecule has 2 N–H and O–H groups in total. The second kappa shape index (κ2) is 6.23. The summed E-state index contributed by atoms with van der Waals surface area (Å²) >= 11 is 0. The first kappa shape index (κ1) is 15.8. The third-order valence-corrected chi connectivity index (χ3v) is 3.05. The quantitative estimate of drug-likeness (QED) is 0.739. The molecule has 6 nitrogen and oxygen atoms in total. The minimum atomic E-state index is -0.759. The predicted molar refractivity (Wildman–Crippen MR) is 68.5 cm³/mol. The van der Waals surface area contributed by atoms with Crippen molar-refractivity contribution in [2.24, 2.45) is 5.92 Å². The number of alkyl carbamates (subject to hydrolysis) is 1. The summed E-state index contributed by atoms with van der Waals surface area (Å²) in [5.41, 5.74) is -0.571. The van der Waals surface area contributed by atoms with Crippen molar-refractivity contribution >= 4 is 12.1 Å². The maximum absolute atomic E-state index is 11.6. The number of carbonyl (C=O) groups excluding carboxylic acids is 2. The molecule has 0 aromatic rings. The minimum Gasteiger partial charge on any atom is -0.469 e. The van der Waals surface area contributed by atoms with E-state index in [2.05, 4.69) is 10.1 Å². The molecule has 0 spiro atoms. The number of carbonyl (C=O) groups is 2. The van der Waals surface area contributed by atoms with E-state index in [0.717, 1.165) is 0 Å². The molecule has 19 heavy (non-hydrogen) atoms. The lowest BCUT2D eigenvalue weighted by molar-refractivity contribution is -0.148. The third-order valence-electron chi connectivity index (χ3n) is 3.05. The van der Waals surface area contributed by atoms with Crippen LogP contribution < -0.4 is 5.32 Å². The summed E-state index contributed by atoms with van der Waals surface area (Å²) in [6, 6.07) is -0.379. The molecule has 0 heterocycles. The highest BCUT2D eigenvalue weighted by Crippen LogP contribution is 2.26. The van der Waals surface area contributed by atoms with Crippen LogP contribution in [0.2, 0.25) is 0 Å². The van der Waals surface area contributed by atoms with E-state index in [0.29, 0.717) is 19.3 Å². The summed E-state index contributed by atoms with van der Waals surface area (Å²) in [4.78, 5) is 23.0. The summed E-state index contributed by atoms with van der Waals surface area (Å²) in [5.74, 6) is -0.605. The van der Waals surface area contributed by atoms with Crippen molar-refractivity contribution in [3.63, 3.8) is 0 Å². The van der Waals surface area contributed by atoms with Crippen LogP contribution in [0, 0.1) is 5.92 Å². The molecule has 0 aromatic heterocycles. The van der Waals surface area contributed by atoms with Gasteiger partial charge in [-0.05, 0) is 40.0 Å². The molecular formula is C13H23NO5. The Kier molecular flexibility index (Phi) is 5.17. The number of aliphatic hydroxyl groups is 1. The van der Waals surface area contributed by atoms with Crippen molar-refractivity contribution in [3.05, 3.63) is 0 Å². The van der Waals surface area contributed by atoms with Gasteiger partial charge >= 0.3 is 12.1 Å². The summed E-state index contributed by atoms with van der Waals surface area (Å²) in [6.45, 7) is 5.32. The van der Waals surface area contributed by atoms with Crippen LogP contribution in [-0.2, 0) is 14.3 Å². The van der Waals surface area contributed by atoms with Crippen LogP contribution in [0.15, 0.2) is 0 Å². The number of methoxy groups -OCH3 is 1. The van der Waals surface area contributed by atoms with Gasteiger partial charge in [0.2, 0.25) is 0 Å². The van der Waals surface area contributed by atoms with Crippen LogP contribution in [0.3, 0.4) is 0 Å². The van der Waals surface area contributed by atoms with Crippen LogP contribution in [0.1, 0.15) is 40.0 Å². The summed E-state index contributed by atoms with van der Waals surface area (Å²) in [5, 5.41) is 12.6. The zero-order chi connectivity index (χ0) is 14.6. The first-order valence-corrected chi connectivity index (χ1v) is 6.48. The number of ether oxygens (including phenoxy) is 2. The number of hydrogen-bond acceptors (Lipinski definition) is 5. The Labute approximate surface area is 113 Å². The molecule has 1 aliphatic rings. The van der Waals surface area contributed by atoms with Crippen molar-refractivity contribution in [1.29, 1.82) is 0 Å². The van der Waals surface area contributed by atoms with Gasteiger partial charge in [-0.15, -0.1) is 0 Å². The second-order valence-electron chi connectivity index (χ2n) is 5.85. The molecule has 0 aromatic carbocycles. The summed E-state index contributed by atoms with van der Waals surface area (Å²) < 4.78 is 9.79. The molecular weight excluding hydrogens is 250 g/mol. The molecule has 0 bridgehead atoms. The normalized spacial score (nSPS) is 27.5. The van der Waals surface area contributed by atoms with Crippen molar-refractivity contribution in [2.45, 2.75) is 57.8 Å². The highest BCUT2D eigenvalue weighted by atomic mass is 16.6. The van der Waals surface area contributed by atoms with Gasteiger partial charge in [-0.3, -0.25) is 4.79 Å². The van der Waals surface area contributed by atoms with Crippen molar-refractivity contribution in [2.75, 3.05) is 7.11 Å². The zero-order valence-electron chi connectivity index (χ0n) is 11.9. The lowest BCUT2D eigenvalue weighted by Crippen LogP contribution is -2.49. The topological polar surface area (TPSA) is 84.9 Å².